The van der Waals surface area contributed by atoms with Gasteiger partial charge in [0.1, 0.15) is 0 Å². The number of carbonyl (C=O) groups is 1. The molecule has 3 nitrogen and oxygen atoms in total. The maximum absolute atomic E-state index is 13.1. The molecule has 1 aromatic rings. The van der Waals surface area contributed by atoms with Crippen molar-refractivity contribution in [3.05, 3.63) is 35.4 Å². The molecule has 2 saturated heterocycles. The van der Waals surface area contributed by atoms with Gasteiger partial charge in [-0.2, -0.15) is 13.2 Å². The summed E-state index contributed by atoms with van der Waals surface area (Å²) >= 11 is 0. The summed E-state index contributed by atoms with van der Waals surface area (Å²) in [4.78, 5) is 12.6. The standard InChI is InChI=1S/C22H29F3N2O.ClH/c23-22(24,25)17-5-3-4-16(13-17)21(8-1-2-9-21)14-26-20(28)12-15-10-18-6-7-19(11-15)27-18;/h3-5,13,15,18-19,27H,1-2,6-12,14H2,(H,26,28);1H. The van der Waals surface area contributed by atoms with Crippen LogP contribution in [-0.4, -0.2) is 24.5 Å². The Morgan fingerprint density at radius 1 is 1.14 bits per heavy atom. The molecule has 0 spiro atoms. The molecule has 3 fully saturated rings. The highest BCUT2D eigenvalue weighted by atomic mass is 35.5. The molecule has 1 aromatic carbocycles. The van der Waals surface area contributed by atoms with Gasteiger partial charge in [0.05, 0.1) is 5.56 Å². The Morgan fingerprint density at radius 3 is 2.41 bits per heavy atom. The van der Waals surface area contributed by atoms with Crippen molar-refractivity contribution in [1.82, 2.24) is 10.6 Å². The monoisotopic (exact) mass is 430 g/mol. The van der Waals surface area contributed by atoms with E-state index in [1.807, 2.05) is 0 Å². The molecule has 2 atom stereocenters. The Bertz CT molecular complexity index is 706. The Hall–Kier alpha value is -1.27. The van der Waals surface area contributed by atoms with E-state index in [1.54, 1.807) is 6.07 Å². The second-order valence-corrected chi connectivity index (χ2v) is 9.02. The lowest BCUT2D eigenvalue weighted by atomic mass is 9.78. The lowest BCUT2D eigenvalue weighted by molar-refractivity contribution is -0.137. The van der Waals surface area contributed by atoms with Gasteiger partial charge in [-0.1, -0.05) is 31.0 Å². The van der Waals surface area contributed by atoms with E-state index in [4.69, 9.17) is 0 Å². The van der Waals surface area contributed by atoms with Crippen molar-refractivity contribution in [2.75, 3.05) is 6.54 Å². The van der Waals surface area contributed by atoms with E-state index < -0.39 is 11.7 Å². The van der Waals surface area contributed by atoms with Gasteiger partial charge in [-0.25, -0.2) is 0 Å². The minimum Gasteiger partial charge on any atom is -0.355 e. The third-order valence-electron chi connectivity index (χ3n) is 7.03. The van der Waals surface area contributed by atoms with Crippen LogP contribution >= 0.6 is 12.4 Å². The first kappa shape index (κ1) is 22.4. The Kier molecular flexibility index (Phi) is 6.84. The van der Waals surface area contributed by atoms with Gasteiger partial charge in [0, 0.05) is 30.5 Å². The zero-order valence-corrected chi connectivity index (χ0v) is 17.4. The van der Waals surface area contributed by atoms with Crippen LogP contribution in [0.5, 0.6) is 0 Å². The van der Waals surface area contributed by atoms with Gasteiger partial charge in [0.2, 0.25) is 5.91 Å². The second-order valence-electron chi connectivity index (χ2n) is 9.02. The van der Waals surface area contributed by atoms with Gasteiger partial charge in [-0.15, -0.1) is 12.4 Å². The lowest BCUT2D eigenvalue weighted by Gasteiger charge is -2.32. The van der Waals surface area contributed by atoms with Gasteiger partial charge in [-0.05, 0) is 56.1 Å². The molecule has 1 saturated carbocycles. The summed E-state index contributed by atoms with van der Waals surface area (Å²) in [5.41, 5.74) is -0.267. The summed E-state index contributed by atoms with van der Waals surface area (Å²) in [6, 6.07) is 6.80. The van der Waals surface area contributed by atoms with Crippen molar-refractivity contribution in [2.24, 2.45) is 5.92 Å². The summed E-state index contributed by atoms with van der Waals surface area (Å²) in [5, 5.41) is 6.67. The summed E-state index contributed by atoms with van der Waals surface area (Å²) in [6.45, 7) is 0.435. The zero-order valence-electron chi connectivity index (χ0n) is 16.6. The Balaban J connectivity index is 0.00000240. The highest BCUT2D eigenvalue weighted by Gasteiger charge is 2.39. The number of fused-ring (bicyclic) bond motifs is 2. The Morgan fingerprint density at radius 2 is 1.79 bits per heavy atom. The number of carbonyl (C=O) groups excluding carboxylic acids is 1. The molecule has 2 aliphatic heterocycles. The van der Waals surface area contributed by atoms with E-state index in [0.29, 0.717) is 36.5 Å². The smallest absolute Gasteiger partial charge is 0.355 e. The quantitative estimate of drug-likeness (QED) is 0.692. The van der Waals surface area contributed by atoms with Crippen LogP contribution in [0, 0.1) is 5.92 Å². The van der Waals surface area contributed by atoms with Crippen LogP contribution in [0.3, 0.4) is 0 Å². The minimum atomic E-state index is -4.34. The number of hydrogen-bond donors (Lipinski definition) is 2. The van der Waals surface area contributed by atoms with Gasteiger partial charge < -0.3 is 10.6 Å². The first-order chi connectivity index (χ1) is 13.3. The lowest BCUT2D eigenvalue weighted by Crippen LogP contribution is -2.42. The number of hydrogen-bond acceptors (Lipinski definition) is 2. The molecule has 1 amide bonds. The van der Waals surface area contributed by atoms with Crippen LogP contribution in [0.4, 0.5) is 13.2 Å². The van der Waals surface area contributed by atoms with Crippen molar-refractivity contribution < 1.29 is 18.0 Å². The van der Waals surface area contributed by atoms with Crippen molar-refractivity contribution >= 4 is 18.3 Å². The van der Waals surface area contributed by atoms with E-state index in [0.717, 1.165) is 44.6 Å². The van der Waals surface area contributed by atoms with E-state index in [1.165, 1.54) is 25.0 Å². The van der Waals surface area contributed by atoms with Gasteiger partial charge in [-0.3, -0.25) is 4.79 Å². The highest BCUT2D eigenvalue weighted by molar-refractivity contribution is 5.85. The average Bonchev–Trinajstić information content (AvgIpc) is 3.27. The third-order valence-corrected chi connectivity index (χ3v) is 7.03. The fraction of sp³-hybridized carbons (Fsp3) is 0.682. The molecule has 2 heterocycles. The van der Waals surface area contributed by atoms with Crippen molar-refractivity contribution in [3.63, 3.8) is 0 Å². The van der Waals surface area contributed by atoms with Crippen LogP contribution in [0.15, 0.2) is 24.3 Å². The number of piperidine rings is 1. The van der Waals surface area contributed by atoms with Gasteiger partial charge in [0.25, 0.3) is 0 Å². The molecule has 29 heavy (non-hydrogen) atoms. The number of rotatable bonds is 5. The molecule has 2 bridgehead atoms. The number of alkyl halides is 3. The second kappa shape index (κ2) is 8.84. The molecule has 2 N–H and O–H groups in total. The van der Waals surface area contributed by atoms with Crippen LogP contribution < -0.4 is 10.6 Å². The largest absolute Gasteiger partial charge is 0.416 e. The topological polar surface area (TPSA) is 41.1 Å². The van der Waals surface area contributed by atoms with E-state index >= 15 is 0 Å². The zero-order chi connectivity index (χ0) is 19.8. The van der Waals surface area contributed by atoms with Crippen molar-refractivity contribution in [3.8, 4) is 0 Å². The SMILES string of the molecule is Cl.O=C(CC1CC2CCC(C1)N2)NCC1(c2cccc(C(F)(F)F)c2)CCCC1. The van der Waals surface area contributed by atoms with Crippen LogP contribution in [-0.2, 0) is 16.4 Å². The molecule has 162 valence electrons. The average molecular weight is 431 g/mol. The summed E-state index contributed by atoms with van der Waals surface area (Å²) < 4.78 is 39.4. The predicted octanol–water partition coefficient (Wildman–Crippen LogP) is 4.98. The maximum Gasteiger partial charge on any atom is 0.416 e. The summed E-state index contributed by atoms with van der Waals surface area (Å²) in [6.07, 6.45) is 4.36. The van der Waals surface area contributed by atoms with E-state index in [2.05, 4.69) is 10.6 Å². The number of benzene rings is 1. The molecule has 7 heteroatoms. The van der Waals surface area contributed by atoms with E-state index in [-0.39, 0.29) is 23.7 Å². The molecular formula is C22H30ClF3N2O. The molecule has 3 aliphatic rings. The van der Waals surface area contributed by atoms with Crippen molar-refractivity contribution in [1.29, 1.82) is 0 Å². The first-order valence-corrected chi connectivity index (χ1v) is 10.5. The summed E-state index contributed by atoms with van der Waals surface area (Å²) in [5.74, 6) is 0.469. The van der Waals surface area contributed by atoms with Crippen LogP contribution in [0.1, 0.15) is 68.9 Å². The molecule has 1 aliphatic carbocycles. The third kappa shape index (κ3) is 5.08. The maximum atomic E-state index is 13.1. The number of halogens is 4. The molecule has 0 aromatic heterocycles. The highest BCUT2D eigenvalue weighted by Crippen LogP contribution is 2.42. The molecule has 2 unspecified atom stereocenters. The van der Waals surface area contributed by atoms with Gasteiger partial charge in [0.15, 0.2) is 0 Å². The minimum absolute atomic E-state index is 0. The Labute approximate surface area is 176 Å². The fourth-order valence-electron chi connectivity index (χ4n) is 5.59. The van der Waals surface area contributed by atoms with Crippen molar-refractivity contribution in [2.45, 2.75) is 81.5 Å². The molecular weight excluding hydrogens is 401 g/mol. The summed E-state index contributed by atoms with van der Waals surface area (Å²) in [7, 11) is 0. The van der Waals surface area contributed by atoms with Crippen LogP contribution in [0.25, 0.3) is 0 Å². The van der Waals surface area contributed by atoms with Crippen LogP contribution in [0.2, 0.25) is 0 Å². The van der Waals surface area contributed by atoms with Gasteiger partial charge >= 0.3 is 6.18 Å². The first-order valence-electron chi connectivity index (χ1n) is 10.5. The predicted molar refractivity (Wildman–Crippen MR) is 109 cm³/mol. The molecule has 4 rings (SSSR count). The normalized spacial score (nSPS) is 28.0. The van der Waals surface area contributed by atoms with E-state index in [9.17, 15) is 18.0 Å². The molecule has 0 radical (unpaired) electrons. The fourth-order valence-corrected chi connectivity index (χ4v) is 5.59. The number of nitrogens with one attached hydrogen (secondary N) is 2. The number of amides is 1.